The molecule has 0 atom stereocenters. The van der Waals surface area contributed by atoms with Crippen LogP contribution in [0.25, 0.3) is 0 Å². The molecule has 0 N–H and O–H groups in total. The number of aryl methyl sites for hydroxylation is 2. The third kappa shape index (κ3) is 3.93. The molecule has 1 aromatic heterocycles. The first kappa shape index (κ1) is 16.2. The summed E-state index contributed by atoms with van der Waals surface area (Å²) in [6.45, 7) is 6.67. The number of halogens is 1. The van der Waals surface area contributed by atoms with E-state index in [-0.39, 0.29) is 11.7 Å². The number of hydrogen-bond donors (Lipinski definition) is 0. The second-order valence-corrected chi connectivity index (χ2v) is 5.34. The number of aromatic nitrogens is 1. The lowest BCUT2D eigenvalue weighted by Crippen LogP contribution is -2.30. The molecule has 4 nitrogen and oxygen atoms in total. The van der Waals surface area contributed by atoms with Crippen molar-refractivity contribution in [1.29, 1.82) is 0 Å². The number of nitrogens with zero attached hydrogens (tertiary/aromatic N) is 2. The van der Waals surface area contributed by atoms with Crippen molar-refractivity contribution in [3.63, 3.8) is 0 Å². The summed E-state index contributed by atoms with van der Waals surface area (Å²) in [6.07, 6.45) is 1.01. The van der Waals surface area contributed by atoms with Gasteiger partial charge in [0.25, 0.3) is 0 Å². The molecule has 0 fully saturated rings. The molecule has 0 saturated carbocycles. The second-order valence-electron chi connectivity index (χ2n) is 5.34. The minimum atomic E-state index is -0.281. The summed E-state index contributed by atoms with van der Waals surface area (Å²) in [5.41, 5.74) is 2.63. The average Bonchev–Trinajstić information content (AvgIpc) is 2.81. The van der Waals surface area contributed by atoms with Crippen LogP contribution in [0.3, 0.4) is 0 Å². The highest BCUT2D eigenvalue weighted by Crippen LogP contribution is 2.16. The van der Waals surface area contributed by atoms with E-state index in [0.29, 0.717) is 25.9 Å². The van der Waals surface area contributed by atoms with E-state index in [4.69, 9.17) is 4.52 Å². The fourth-order valence-electron chi connectivity index (χ4n) is 2.48. The Morgan fingerprint density at radius 1 is 1.36 bits per heavy atom. The van der Waals surface area contributed by atoms with Crippen LogP contribution in [-0.2, 0) is 17.8 Å². The minimum absolute atomic E-state index is 0.0479. The zero-order chi connectivity index (χ0) is 16.1. The molecule has 0 radical (unpaired) electrons. The number of carbonyl (C=O) groups excluding carboxylic acids is 1. The Morgan fingerprint density at radius 2 is 2.14 bits per heavy atom. The van der Waals surface area contributed by atoms with Crippen molar-refractivity contribution < 1.29 is 13.7 Å². The van der Waals surface area contributed by atoms with Gasteiger partial charge in [-0.3, -0.25) is 4.79 Å². The molecule has 0 saturated heterocycles. The summed E-state index contributed by atoms with van der Waals surface area (Å²) in [7, 11) is 0. The molecule has 2 rings (SSSR count). The van der Waals surface area contributed by atoms with Gasteiger partial charge in [0.2, 0.25) is 5.91 Å². The zero-order valence-corrected chi connectivity index (χ0v) is 13.2. The van der Waals surface area contributed by atoms with Crippen molar-refractivity contribution in [3.05, 3.63) is 52.7 Å². The van der Waals surface area contributed by atoms with Crippen molar-refractivity contribution >= 4 is 5.91 Å². The van der Waals surface area contributed by atoms with Crippen LogP contribution in [0.1, 0.15) is 35.9 Å². The number of benzene rings is 1. The van der Waals surface area contributed by atoms with Crippen molar-refractivity contribution in [2.24, 2.45) is 0 Å². The van der Waals surface area contributed by atoms with Gasteiger partial charge in [0.1, 0.15) is 11.6 Å². The van der Waals surface area contributed by atoms with Crippen LogP contribution in [0.2, 0.25) is 0 Å². The molecule has 5 heteroatoms. The molecule has 0 unspecified atom stereocenters. The smallest absolute Gasteiger partial charge is 0.223 e. The molecular weight excluding hydrogens is 283 g/mol. The molecule has 0 bridgehead atoms. The highest BCUT2D eigenvalue weighted by atomic mass is 19.1. The first-order valence-electron chi connectivity index (χ1n) is 7.45. The number of hydrogen-bond acceptors (Lipinski definition) is 3. The fourth-order valence-corrected chi connectivity index (χ4v) is 2.48. The first-order chi connectivity index (χ1) is 10.5. The maximum atomic E-state index is 13.2. The first-order valence-corrected chi connectivity index (χ1v) is 7.45. The summed E-state index contributed by atoms with van der Waals surface area (Å²) in [6, 6.07) is 6.35. The molecule has 1 amide bonds. The van der Waals surface area contributed by atoms with Crippen molar-refractivity contribution in [3.8, 4) is 0 Å². The van der Waals surface area contributed by atoms with E-state index in [1.165, 1.54) is 12.1 Å². The molecule has 0 aliphatic rings. The summed E-state index contributed by atoms with van der Waals surface area (Å²) < 4.78 is 18.3. The van der Waals surface area contributed by atoms with Gasteiger partial charge in [-0.05, 0) is 44.9 Å². The molecule has 22 heavy (non-hydrogen) atoms. The van der Waals surface area contributed by atoms with Crippen LogP contribution in [0.4, 0.5) is 4.39 Å². The normalized spacial score (nSPS) is 10.7. The van der Waals surface area contributed by atoms with Crippen LogP contribution in [-0.4, -0.2) is 22.5 Å². The van der Waals surface area contributed by atoms with Gasteiger partial charge in [-0.2, -0.15) is 0 Å². The Labute approximate surface area is 129 Å². The number of carbonyl (C=O) groups is 1. The van der Waals surface area contributed by atoms with E-state index in [0.717, 1.165) is 22.6 Å². The number of rotatable bonds is 6. The summed E-state index contributed by atoms with van der Waals surface area (Å²) in [5, 5.41) is 3.89. The molecule has 0 aliphatic carbocycles. The Hall–Kier alpha value is -2.17. The predicted molar refractivity (Wildman–Crippen MR) is 81.8 cm³/mol. The molecule has 0 spiro atoms. The molecule has 1 heterocycles. The third-order valence-corrected chi connectivity index (χ3v) is 3.77. The van der Waals surface area contributed by atoms with E-state index in [1.807, 2.05) is 26.8 Å². The van der Waals surface area contributed by atoms with Gasteiger partial charge >= 0.3 is 0 Å². The predicted octanol–water partition coefficient (Wildman–Crippen LogP) is 3.41. The molecule has 2 aromatic rings. The van der Waals surface area contributed by atoms with E-state index in [1.54, 1.807) is 11.0 Å². The topological polar surface area (TPSA) is 46.3 Å². The number of amides is 1. The van der Waals surface area contributed by atoms with Crippen molar-refractivity contribution in [2.45, 2.75) is 40.2 Å². The molecular formula is C17H21FN2O2. The van der Waals surface area contributed by atoms with Gasteiger partial charge in [0.15, 0.2) is 0 Å². The van der Waals surface area contributed by atoms with Crippen molar-refractivity contribution in [2.75, 3.05) is 6.54 Å². The quantitative estimate of drug-likeness (QED) is 0.821. The Morgan fingerprint density at radius 3 is 2.73 bits per heavy atom. The summed E-state index contributed by atoms with van der Waals surface area (Å²) in [4.78, 5) is 14.1. The van der Waals surface area contributed by atoms with Crippen LogP contribution >= 0.6 is 0 Å². The standard InChI is InChI=1S/C17H21FN2O2/c1-4-20(11-14-6-5-7-15(18)10-14)17(21)9-8-16-12(2)19-22-13(16)3/h5-7,10H,4,8-9,11H2,1-3H3. The van der Waals surface area contributed by atoms with Gasteiger partial charge in [-0.15, -0.1) is 0 Å². The third-order valence-electron chi connectivity index (χ3n) is 3.77. The SMILES string of the molecule is CCN(Cc1cccc(F)c1)C(=O)CCc1c(C)noc1C. The van der Waals surface area contributed by atoms with Gasteiger partial charge in [0.05, 0.1) is 5.69 Å². The lowest BCUT2D eigenvalue weighted by atomic mass is 10.1. The molecule has 1 aromatic carbocycles. The maximum Gasteiger partial charge on any atom is 0.223 e. The summed E-state index contributed by atoms with van der Waals surface area (Å²) >= 11 is 0. The largest absolute Gasteiger partial charge is 0.361 e. The molecule has 0 aliphatic heterocycles. The van der Waals surface area contributed by atoms with E-state index in [9.17, 15) is 9.18 Å². The van der Waals surface area contributed by atoms with E-state index >= 15 is 0 Å². The van der Waals surface area contributed by atoms with Crippen molar-refractivity contribution in [1.82, 2.24) is 10.1 Å². The van der Waals surface area contributed by atoms with Gasteiger partial charge in [-0.1, -0.05) is 17.3 Å². The Kier molecular flexibility index (Phi) is 5.31. The van der Waals surface area contributed by atoms with Gasteiger partial charge < -0.3 is 9.42 Å². The lowest BCUT2D eigenvalue weighted by Gasteiger charge is -2.21. The lowest BCUT2D eigenvalue weighted by molar-refractivity contribution is -0.131. The summed E-state index contributed by atoms with van der Waals surface area (Å²) in [5.74, 6) is 0.530. The van der Waals surface area contributed by atoms with Crippen LogP contribution in [0.5, 0.6) is 0 Å². The monoisotopic (exact) mass is 304 g/mol. The zero-order valence-electron chi connectivity index (χ0n) is 13.2. The minimum Gasteiger partial charge on any atom is -0.361 e. The average molecular weight is 304 g/mol. The van der Waals surface area contributed by atoms with E-state index in [2.05, 4.69) is 5.16 Å². The van der Waals surface area contributed by atoms with Gasteiger partial charge in [-0.25, -0.2) is 4.39 Å². The fraction of sp³-hybridized carbons (Fsp3) is 0.412. The van der Waals surface area contributed by atoms with E-state index < -0.39 is 0 Å². The highest BCUT2D eigenvalue weighted by molar-refractivity contribution is 5.76. The van der Waals surface area contributed by atoms with Crippen LogP contribution in [0, 0.1) is 19.7 Å². The second kappa shape index (κ2) is 7.20. The molecule has 118 valence electrons. The Bertz CT molecular complexity index is 632. The van der Waals surface area contributed by atoms with Gasteiger partial charge in [0, 0.05) is 25.1 Å². The highest BCUT2D eigenvalue weighted by Gasteiger charge is 2.15. The maximum absolute atomic E-state index is 13.2. The van der Waals surface area contributed by atoms with Crippen LogP contribution in [0.15, 0.2) is 28.8 Å². The van der Waals surface area contributed by atoms with Crippen LogP contribution < -0.4 is 0 Å². The Balaban J connectivity index is 1.97.